The van der Waals surface area contributed by atoms with E-state index >= 15 is 0 Å². The van der Waals surface area contributed by atoms with Gasteiger partial charge in [0.05, 0.1) is 17.6 Å². The molecule has 0 N–H and O–H groups in total. The number of thioether (sulfide) groups is 1. The minimum absolute atomic E-state index is 0.147. The van der Waals surface area contributed by atoms with Crippen LogP contribution in [-0.4, -0.2) is 30.9 Å². The largest absolute Gasteiger partial charge is 0.370 e. The molecule has 0 spiro atoms. The number of fused-ring (bicyclic) bond motifs is 5. The molecule has 120 valence electrons. The van der Waals surface area contributed by atoms with Gasteiger partial charge in [-0.25, -0.2) is 14.5 Å². The minimum atomic E-state index is -0.147. The van der Waals surface area contributed by atoms with Crippen molar-refractivity contribution in [3.8, 4) is 0 Å². The van der Waals surface area contributed by atoms with Gasteiger partial charge in [-0.05, 0) is 26.3 Å². The fraction of sp³-hybridized carbons (Fsp3) is 0.438. The first-order chi connectivity index (χ1) is 10.9. The Labute approximate surface area is 142 Å². The van der Waals surface area contributed by atoms with E-state index in [2.05, 4.69) is 30.5 Å². The Bertz CT molecular complexity index is 925. The Kier molecular flexibility index (Phi) is 3.48. The minimum Gasteiger partial charge on any atom is -0.370 e. The molecule has 0 radical (unpaired) electrons. The number of thiophene rings is 1. The number of rotatable bonds is 3. The quantitative estimate of drug-likeness (QED) is 0.532. The Morgan fingerprint density at radius 2 is 2.35 bits per heavy atom. The van der Waals surface area contributed by atoms with Crippen molar-refractivity contribution in [1.29, 1.82) is 0 Å². The molecule has 0 fully saturated rings. The standard InChI is InChI=1S/C16H18N4OS2/c1-9(2)7-22-15-18-13-12-10-5-16(3,4)21-6-11(10)23-14(12)17-8-20(13)19-15/h8H,1,5-7H2,2-4H3. The molecule has 0 amide bonds. The normalized spacial score (nSPS) is 16.8. The average Bonchev–Trinajstić information content (AvgIpc) is 3.03. The van der Waals surface area contributed by atoms with Gasteiger partial charge in [-0.15, -0.1) is 16.4 Å². The van der Waals surface area contributed by atoms with E-state index in [0.29, 0.717) is 6.61 Å². The smallest absolute Gasteiger partial charge is 0.209 e. The summed E-state index contributed by atoms with van der Waals surface area (Å²) in [6.07, 6.45) is 2.63. The van der Waals surface area contributed by atoms with Crippen LogP contribution >= 0.6 is 23.1 Å². The van der Waals surface area contributed by atoms with Crippen LogP contribution < -0.4 is 0 Å². The molecule has 0 aliphatic carbocycles. The molecule has 0 unspecified atom stereocenters. The average molecular weight is 346 g/mol. The molecule has 0 aromatic carbocycles. The first-order valence-electron chi connectivity index (χ1n) is 7.50. The van der Waals surface area contributed by atoms with Gasteiger partial charge in [-0.2, -0.15) is 0 Å². The van der Waals surface area contributed by atoms with E-state index in [4.69, 9.17) is 9.72 Å². The van der Waals surface area contributed by atoms with E-state index in [-0.39, 0.29) is 5.60 Å². The molecule has 7 heteroatoms. The highest BCUT2D eigenvalue weighted by Crippen LogP contribution is 2.39. The Balaban J connectivity index is 1.87. The van der Waals surface area contributed by atoms with E-state index in [9.17, 15) is 0 Å². The van der Waals surface area contributed by atoms with Crippen molar-refractivity contribution >= 4 is 39.0 Å². The van der Waals surface area contributed by atoms with Gasteiger partial charge in [-0.1, -0.05) is 23.9 Å². The van der Waals surface area contributed by atoms with Gasteiger partial charge in [0.1, 0.15) is 11.2 Å². The zero-order chi connectivity index (χ0) is 16.2. The van der Waals surface area contributed by atoms with Crippen molar-refractivity contribution in [3.05, 3.63) is 28.9 Å². The van der Waals surface area contributed by atoms with Crippen LogP contribution in [0.4, 0.5) is 0 Å². The van der Waals surface area contributed by atoms with Gasteiger partial charge in [0.15, 0.2) is 5.65 Å². The molecular formula is C16H18N4OS2. The van der Waals surface area contributed by atoms with E-state index in [1.165, 1.54) is 10.4 Å². The summed E-state index contributed by atoms with van der Waals surface area (Å²) < 4.78 is 7.72. The van der Waals surface area contributed by atoms with Gasteiger partial charge in [0, 0.05) is 17.1 Å². The summed E-state index contributed by atoms with van der Waals surface area (Å²) in [5.74, 6) is 0.829. The van der Waals surface area contributed by atoms with Crippen LogP contribution in [0.1, 0.15) is 31.2 Å². The molecule has 1 aliphatic heterocycles. The Hall–Kier alpha value is -1.44. The molecule has 4 heterocycles. The molecule has 0 saturated carbocycles. The van der Waals surface area contributed by atoms with Gasteiger partial charge in [0.25, 0.3) is 0 Å². The topological polar surface area (TPSA) is 52.3 Å². The zero-order valence-corrected chi connectivity index (χ0v) is 15.1. The van der Waals surface area contributed by atoms with E-state index in [1.54, 1.807) is 33.9 Å². The molecular weight excluding hydrogens is 328 g/mol. The van der Waals surface area contributed by atoms with Crippen molar-refractivity contribution in [2.24, 2.45) is 0 Å². The maximum Gasteiger partial charge on any atom is 0.209 e. The SMILES string of the molecule is C=C(C)CSc1nc2c3c4c(sc3ncn2n1)COC(C)(C)C4. The summed E-state index contributed by atoms with van der Waals surface area (Å²) in [4.78, 5) is 11.6. The van der Waals surface area contributed by atoms with Crippen molar-refractivity contribution in [1.82, 2.24) is 19.6 Å². The maximum atomic E-state index is 5.93. The molecule has 3 aromatic rings. The van der Waals surface area contributed by atoms with Gasteiger partial charge < -0.3 is 4.74 Å². The summed E-state index contributed by atoms with van der Waals surface area (Å²) >= 11 is 3.32. The van der Waals surface area contributed by atoms with Gasteiger partial charge in [0.2, 0.25) is 5.16 Å². The summed E-state index contributed by atoms with van der Waals surface area (Å²) in [5.41, 5.74) is 3.19. The monoisotopic (exact) mass is 346 g/mol. The first kappa shape index (κ1) is 15.1. The number of hydrogen-bond acceptors (Lipinski definition) is 6. The van der Waals surface area contributed by atoms with E-state index in [0.717, 1.165) is 38.8 Å². The second-order valence-corrected chi connectivity index (χ2v) is 8.59. The third-order valence-corrected chi connectivity index (χ3v) is 6.02. The molecule has 0 atom stereocenters. The second kappa shape index (κ2) is 5.29. The Morgan fingerprint density at radius 3 is 3.13 bits per heavy atom. The summed E-state index contributed by atoms with van der Waals surface area (Å²) in [6.45, 7) is 10.9. The van der Waals surface area contributed by atoms with Crippen molar-refractivity contribution < 1.29 is 4.74 Å². The molecule has 1 aliphatic rings. The third kappa shape index (κ3) is 2.66. The number of hydrogen-bond donors (Lipinski definition) is 0. The highest BCUT2D eigenvalue weighted by atomic mass is 32.2. The van der Waals surface area contributed by atoms with Crippen LogP contribution in [0.5, 0.6) is 0 Å². The van der Waals surface area contributed by atoms with Crippen LogP contribution in [0.25, 0.3) is 15.9 Å². The maximum absolute atomic E-state index is 5.93. The molecule has 23 heavy (non-hydrogen) atoms. The molecule has 3 aromatic heterocycles. The molecule has 4 rings (SSSR count). The van der Waals surface area contributed by atoms with Crippen LogP contribution in [0, 0.1) is 0 Å². The van der Waals surface area contributed by atoms with Crippen LogP contribution in [0.2, 0.25) is 0 Å². The van der Waals surface area contributed by atoms with Crippen LogP contribution in [-0.2, 0) is 17.8 Å². The van der Waals surface area contributed by atoms with Crippen molar-refractivity contribution in [2.75, 3.05) is 5.75 Å². The lowest BCUT2D eigenvalue weighted by Crippen LogP contribution is -2.31. The summed E-state index contributed by atoms with van der Waals surface area (Å²) in [5, 5.41) is 6.45. The number of aromatic nitrogens is 4. The molecule has 5 nitrogen and oxygen atoms in total. The zero-order valence-electron chi connectivity index (χ0n) is 13.4. The van der Waals surface area contributed by atoms with Crippen LogP contribution in [0.15, 0.2) is 23.6 Å². The second-order valence-electron chi connectivity index (χ2n) is 6.56. The Morgan fingerprint density at radius 1 is 1.52 bits per heavy atom. The number of nitrogens with zero attached hydrogens (tertiary/aromatic N) is 4. The summed E-state index contributed by atoms with van der Waals surface area (Å²) in [6, 6.07) is 0. The molecule has 0 bridgehead atoms. The fourth-order valence-corrected chi connectivity index (χ4v) is 4.51. The highest BCUT2D eigenvalue weighted by molar-refractivity contribution is 7.99. The van der Waals surface area contributed by atoms with Crippen molar-refractivity contribution in [3.63, 3.8) is 0 Å². The predicted octanol–water partition coefficient (Wildman–Crippen LogP) is 3.86. The van der Waals surface area contributed by atoms with Crippen molar-refractivity contribution in [2.45, 2.75) is 44.6 Å². The number of ether oxygens (including phenoxy) is 1. The first-order valence-corrected chi connectivity index (χ1v) is 9.30. The third-order valence-electron chi connectivity index (χ3n) is 3.84. The van der Waals surface area contributed by atoms with E-state index in [1.807, 2.05) is 6.92 Å². The predicted molar refractivity (Wildman–Crippen MR) is 94.3 cm³/mol. The van der Waals surface area contributed by atoms with Gasteiger partial charge in [-0.3, -0.25) is 0 Å². The van der Waals surface area contributed by atoms with Gasteiger partial charge >= 0.3 is 0 Å². The van der Waals surface area contributed by atoms with E-state index < -0.39 is 0 Å². The van der Waals surface area contributed by atoms with Crippen LogP contribution in [0.3, 0.4) is 0 Å². The lowest BCUT2D eigenvalue weighted by Gasteiger charge is -2.30. The highest BCUT2D eigenvalue weighted by Gasteiger charge is 2.30. The molecule has 0 saturated heterocycles. The lowest BCUT2D eigenvalue weighted by molar-refractivity contribution is -0.0379. The summed E-state index contributed by atoms with van der Waals surface area (Å²) in [7, 11) is 0. The lowest BCUT2D eigenvalue weighted by atomic mass is 9.94. The fourth-order valence-electron chi connectivity index (χ4n) is 2.77.